The summed E-state index contributed by atoms with van der Waals surface area (Å²) in [6, 6.07) is 15.2. The lowest BCUT2D eigenvalue weighted by Crippen LogP contribution is -2.42. The van der Waals surface area contributed by atoms with Crippen LogP contribution in [0.4, 0.5) is 5.69 Å². The second-order valence-electron chi connectivity index (χ2n) is 11.4. The number of guanidine groups is 1. The first kappa shape index (κ1) is 29.6. The van der Waals surface area contributed by atoms with Gasteiger partial charge in [0.2, 0.25) is 17.8 Å². The Hall–Kier alpha value is -3.88. The number of nitrogens with zero attached hydrogens (tertiary/aromatic N) is 3. The van der Waals surface area contributed by atoms with Gasteiger partial charge in [-0.3, -0.25) is 14.9 Å². The van der Waals surface area contributed by atoms with Crippen molar-refractivity contribution in [1.82, 2.24) is 15.1 Å². The van der Waals surface area contributed by atoms with E-state index in [4.69, 9.17) is 9.47 Å². The summed E-state index contributed by atoms with van der Waals surface area (Å²) in [5, 5.41) is 2.78. The Labute approximate surface area is 248 Å². The zero-order chi connectivity index (χ0) is 29.1. The Morgan fingerprint density at radius 3 is 2.57 bits per heavy atom. The first-order valence-corrected chi connectivity index (χ1v) is 15.5. The van der Waals surface area contributed by atoms with E-state index in [1.54, 1.807) is 12.1 Å². The summed E-state index contributed by atoms with van der Waals surface area (Å²) in [4.78, 5) is 45.6. The van der Waals surface area contributed by atoms with Crippen LogP contribution in [0.15, 0.2) is 53.5 Å². The van der Waals surface area contributed by atoms with Crippen molar-refractivity contribution in [2.75, 3.05) is 26.3 Å². The number of carbonyl (C=O) groups is 3. The van der Waals surface area contributed by atoms with E-state index < -0.39 is 0 Å². The maximum absolute atomic E-state index is 13.3. The minimum Gasteiger partial charge on any atom is -0.494 e. The van der Waals surface area contributed by atoms with E-state index in [2.05, 4.69) is 15.2 Å². The van der Waals surface area contributed by atoms with Gasteiger partial charge in [0.05, 0.1) is 24.5 Å². The number of fused-ring (bicyclic) bond motifs is 2. The van der Waals surface area contributed by atoms with Crippen molar-refractivity contribution in [3.8, 4) is 5.75 Å². The molecular weight excluding hydrogens is 532 g/mol. The van der Waals surface area contributed by atoms with Crippen LogP contribution in [0.3, 0.4) is 0 Å². The van der Waals surface area contributed by atoms with E-state index in [1.807, 2.05) is 41.3 Å². The van der Waals surface area contributed by atoms with Crippen LogP contribution in [0.5, 0.6) is 5.75 Å². The molecule has 1 aliphatic carbocycles. The van der Waals surface area contributed by atoms with E-state index in [0.717, 1.165) is 62.1 Å². The Kier molecular flexibility index (Phi) is 10.5. The van der Waals surface area contributed by atoms with E-state index >= 15 is 0 Å². The van der Waals surface area contributed by atoms with E-state index in [-0.39, 0.29) is 17.8 Å². The number of rotatable bonds is 14. The Bertz CT molecular complexity index is 1260. The number of amides is 2. The zero-order valence-corrected chi connectivity index (χ0v) is 24.4. The summed E-state index contributed by atoms with van der Waals surface area (Å²) in [5.41, 5.74) is 2.46. The minimum atomic E-state index is -0.273. The number of unbranched alkanes of at least 4 members (excludes halogenated alkanes) is 3. The largest absolute Gasteiger partial charge is 0.494 e. The van der Waals surface area contributed by atoms with Gasteiger partial charge in [0.25, 0.3) is 0 Å². The highest BCUT2D eigenvalue weighted by atomic mass is 16.5. The van der Waals surface area contributed by atoms with Gasteiger partial charge in [-0.2, -0.15) is 0 Å². The van der Waals surface area contributed by atoms with Gasteiger partial charge in [0.15, 0.2) is 0 Å². The third-order valence-electron chi connectivity index (χ3n) is 8.20. The predicted octanol–water partition coefficient (Wildman–Crippen LogP) is 5.36. The number of carbonyl (C=O) groups excluding carboxylic acids is 3. The monoisotopic (exact) mass is 574 g/mol. The lowest BCUT2D eigenvalue weighted by molar-refractivity contribution is -0.134. The fraction of sp³-hybridized carbons (Fsp3) is 0.515. The molecule has 2 amide bonds. The van der Waals surface area contributed by atoms with Crippen LogP contribution in [0, 0.1) is 0 Å². The Morgan fingerprint density at radius 2 is 1.74 bits per heavy atom. The number of esters is 1. The molecule has 0 bridgehead atoms. The van der Waals surface area contributed by atoms with Crippen molar-refractivity contribution >= 4 is 29.4 Å². The van der Waals surface area contributed by atoms with Crippen molar-refractivity contribution in [2.45, 2.75) is 83.2 Å². The zero-order valence-electron chi connectivity index (χ0n) is 24.4. The van der Waals surface area contributed by atoms with Gasteiger partial charge in [-0.15, -0.1) is 0 Å². The predicted molar refractivity (Wildman–Crippen MR) is 161 cm³/mol. The molecule has 2 aliphatic heterocycles. The Morgan fingerprint density at radius 1 is 0.929 bits per heavy atom. The third-order valence-corrected chi connectivity index (χ3v) is 8.20. The quantitative estimate of drug-likeness (QED) is 0.241. The molecule has 224 valence electrons. The molecule has 0 spiro atoms. The van der Waals surface area contributed by atoms with Gasteiger partial charge in [-0.05, 0) is 68.9 Å². The van der Waals surface area contributed by atoms with Crippen molar-refractivity contribution in [3.63, 3.8) is 0 Å². The van der Waals surface area contributed by atoms with Crippen LogP contribution < -0.4 is 10.1 Å². The number of benzene rings is 2. The maximum Gasteiger partial charge on any atom is 0.338 e. The lowest BCUT2D eigenvalue weighted by atomic mass is 9.93. The molecule has 2 aromatic rings. The third kappa shape index (κ3) is 8.11. The fourth-order valence-electron chi connectivity index (χ4n) is 5.95. The van der Waals surface area contributed by atoms with Crippen molar-refractivity contribution in [2.24, 2.45) is 4.99 Å². The number of hydrogen-bond acceptors (Lipinski definition) is 7. The molecule has 9 heteroatoms. The summed E-state index contributed by atoms with van der Waals surface area (Å²) in [5.74, 6) is 1.29. The molecular formula is C33H42N4O5. The summed E-state index contributed by atoms with van der Waals surface area (Å²) in [7, 11) is 0. The van der Waals surface area contributed by atoms with Gasteiger partial charge >= 0.3 is 5.97 Å². The molecule has 2 aromatic carbocycles. The molecule has 1 saturated heterocycles. The Balaban J connectivity index is 1.01. The van der Waals surface area contributed by atoms with Crippen LogP contribution in [-0.4, -0.2) is 65.9 Å². The van der Waals surface area contributed by atoms with Crippen LogP contribution >= 0.6 is 0 Å². The molecule has 2 heterocycles. The number of hydrogen-bond donors (Lipinski definition) is 1. The second-order valence-corrected chi connectivity index (χ2v) is 11.4. The van der Waals surface area contributed by atoms with Crippen molar-refractivity contribution < 1.29 is 23.9 Å². The molecule has 2 fully saturated rings. The molecule has 42 heavy (non-hydrogen) atoms. The van der Waals surface area contributed by atoms with Crippen molar-refractivity contribution in [3.05, 3.63) is 59.7 Å². The number of aliphatic imine (C=N–C) groups is 1. The van der Waals surface area contributed by atoms with Crippen LogP contribution in [0.25, 0.3) is 0 Å². The van der Waals surface area contributed by atoms with Gasteiger partial charge in [0, 0.05) is 31.1 Å². The average molecular weight is 575 g/mol. The highest BCUT2D eigenvalue weighted by Crippen LogP contribution is 2.30. The highest BCUT2D eigenvalue weighted by molar-refractivity contribution is 6.05. The molecule has 0 aromatic heterocycles. The summed E-state index contributed by atoms with van der Waals surface area (Å²) >= 11 is 0. The van der Waals surface area contributed by atoms with Gasteiger partial charge < -0.3 is 19.3 Å². The van der Waals surface area contributed by atoms with Gasteiger partial charge in [0.1, 0.15) is 12.3 Å². The molecule has 0 radical (unpaired) electrons. The first-order valence-electron chi connectivity index (χ1n) is 15.5. The molecule has 0 atom stereocenters. The minimum absolute atomic E-state index is 0.0354. The SMILES string of the molecule is O=C1CN2Cc3cc(OCCCC(=O)N(CCCCCCOC(=O)c4ccccc4)C4CCCCC4)ccc3N=C2N1. The summed E-state index contributed by atoms with van der Waals surface area (Å²) < 4.78 is 11.4. The van der Waals surface area contributed by atoms with E-state index in [0.29, 0.717) is 56.7 Å². The summed E-state index contributed by atoms with van der Waals surface area (Å²) in [6.07, 6.45) is 10.7. The van der Waals surface area contributed by atoms with Crippen LogP contribution in [0.2, 0.25) is 0 Å². The van der Waals surface area contributed by atoms with Crippen LogP contribution in [0.1, 0.15) is 86.6 Å². The van der Waals surface area contributed by atoms with Crippen LogP contribution in [-0.2, 0) is 20.9 Å². The van der Waals surface area contributed by atoms with Gasteiger partial charge in [-0.25, -0.2) is 9.79 Å². The molecule has 1 saturated carbocycles. The normalized spacial score (nSPS) is 16.2. The smallest absolute Gasteiger partial charge is 0.338 e. The van der Waals surface area contributed by atoms with Crippen molar-refractivity contribution in [1.29, 1.82) is 0 Å². The average Bonchev–Trinajstić information content (AvgIpc) is 3.38. The molecule has 3 aliphatic rings. The fourth-order valence-corrected chi connectivity index (χ4v) is 5.95. The molecule has 9 nitrogen and oxygen atoms in total. The highest BCUT2D eigenvalue weighted by Gasteiger charge is 2.29. The van der Waals surface area contributed by atoms with Gasteiger partial charge in [-0.1, -0.05) is 43.9 Å². The van der Waals surface area contributed by atoms with E-state index in [1.165, 1.54) is 19.3 Å². The number of nitrogens with one attached hydrogen (secondary N) is 1. The molecule has 0 unspecified atom stereocenters. The molecule has 5 rings (SSSR count). The molecule has 1 N–H and O–H groups in total. The lowest BCUT2D eigenvalue weighted by Gasteiger charge is -2.34. The number of ether oxygens (including phenoxy) is 2. The topological polar surface area (TPSA) is 101 Å². The van der Waals surface area contributed by atoms with E-state index in [9.17, 15) is 14.4 Å². The first-order chi connectivity index (χ1) is 20.6. The standard InChI is InChI=1S/C33H42N4O5/c38-30-24-36-23-26-22-28(17-18-29(26)34-33(36)35-30)41-21-11-16-31(39)37(27-14-7-4-8-15-27)19-9-1-2-10-20-42-32(40)25-12-5-3-6-13-25/h3,5-6,12-13,17-18,22,27H,1-2,4,7-11,14-16,19-21,23-24H2,(H,34,35,38). The second kappa shape index (κ2) is 14.8. The summed E-state index contributed by atoms with van der Waals surface area (Å²) in [6.45, 7) is 2.63. The maximum atomic E-state index is 13.3.